The highest BCUT2D eigenvalue weighted by Gasteiger charge is 2.51. The zero-order chi connectivity index (χ0) is 25.8. The van der Waals surface area contributed by atoms with Gasteiger partial charge in [-0.3, -0.25) is 38.7 Å². The Morgan fingerprint density at radius 2 is 1.62 bits per heavy atom. The number of carbonyl (C=O) groups is 5. The third-order valence-electron chi connectivity index (χ3n) is 4.61. The lowest BCUT2D eigenvalue weighted by molar-refractivity contribution is -0.166. The van der Waals surface area contributed by atoms with E-state index in [4.69, 9.17) is 18.9 Å². The van der Waals surface area contributed by atoms with Crippen molar-refractivity contribution in [3.05, 3.63) is 28.4 Å². The lowest BCUT2D eigenvalue weighted by Gasteiger charge is -2.24. The quantitative estimate of drug-likeness (QED) is 0.424. The van der Waals surface area contributed by atoms with Crippen LogP contribution in [0.4, 0.5) is 0 Å². The number of rotatable bonds is 6. The Morgan fingerprint density at radius 1 is 1.03 bits per heavy atom. The van der Waals surface area contributed by atoms with E-state index in [1.165, 1.54) is 6.20 Å². The molecule has 4 atom stereocenters. The van der Waals surface area contributed by atoms with E-state index in [9.17, 15) is 28.8 Å². The highest BCUT2D eigenvalue weighted by Crippen LogP contribution is 2.33. The minimum absolute atomic E-state index is 0.366. The topological polar surface area (TPSA) is 169 Å². The minimum Gasteiger partial charge on any atom is -0.463 e. The maximum absolute atomic E-state index is 13.1. The van der Waals surface area contributed by atoms with Gasteiger partial charge >= 0.3 is 17.9 Å². The van der Waals surface area contributed by atoms with Gasteiger partial charge in [0.05, 0.1) is 0 Å². The van der Waals surface area contributed by atoms with Gasteiger partial charge in [0.25, 0.3) is 11.5 Å². The van der Waals surface area contributed by atoms with Gasteiger partial charge in [0.2, 0.25) is 5.91 Å². The molecule has 0 aromatic carbocycles. The van der Waals surface area contributed by atoms with Crippen LogP contribution in [0.15, 0.2) is 17.2 Å². The Hall–Kier alpha value is -3.61. The molecule has 2 rings (SSSR count). The Morgan fingerprint density at radius 3 is 2.15 bits per heavy atom. The molecule has 0 radical (unpaired) electrons. The summed E-state index contributed by atoms with van der Waals surface area (Å²) in [5, 5.41) is 2.11. The molecule has 0 bridgehead atoms. The van der Waals surface area contributed by atoms with Gasteiger partial charge in [0.1, 0.15) is 12.7 Å². The van der Waals surface area contributed by atoms with Gasteiger partial charge < -0.3 is 18.9 Å². The smallest absolute Gasteiger partial charge is 0.303 e. The molecular weight excluding hydrogens is 454 g/mol. The monoisotopic (exact) mass is 481 g/mol. The molecule has 13 heteroatoms. The van der Waals surface area contributed by atoms with E-state index < -0.39 is 70.9 Å². The average Bonchev–Trinajstić information content (AvgIpc) is 3.01. The first kappa shape index (κ1) is 26.6. The molecule has 1 aromatic rings. The van der Waals surface area contributed by atoms with Gasteiger partial charge in [-0.2, -0.15) is 0 Å². The molecule has 0 spiro atoms. The first-order valence-electron chi connectivity index (χ1n) is 10.3. The zero-order valence-corrected chi connectivity index (χ0v) is 19.6. The summed E-state index contributed by atoms with van der Waals surface area (Å²) in [5.74, 6) is -3.79. The Bertz CT molecular complexity index is 1040. The van der Waals surface area contributed by atoms with Crippen molar-refractivity contribution in [3.63, 3.8) is 0 Å². The number of imide groups is 1. The van der Waals surface area contributed by atoms with E-state index in [0.717, 1.165) is 31.5 Å². The number of aromatic nitrogens is 2. The van der Waals surface area contributed by atoms with Crippen LogP contribution in [0.1, 0.15) is 58.3 Å². The van der Waals surface area contributed by atoms with Crippen molar-refractivity contribution in [2.24, 2.45) is 5.41 Å². The number of hydrogen-bond acceptors (Lipinski definition) is 11. The van der Waals surface area contributed by atoms with Crippen molar-refractivity contribution in [3.8, 4) is 0 Å². The predicted molar refractivity (Wildman–Crippen MR) is 112 cm³/mol. The summed E-state index contributed by atoms with van der Waals surface area (Å²) in [6, 6.07) is 0. The summed E-state index contributed by atoms with van der Waals surface area (Å²) in [6.45, 7) is 7.77. The van der Waals surface area contributed by atoms with E-state index in [0.29, 0.717) is 0 Å². The van der Waals surface area contributed by atoms with E-state index in [-0.39, 0.29) is 6.61 Å². The first-order chi connectivity index (χ1) is 15.7. The summed E-state index contributed by atoms with van der Waals surface area (Å²) in [6.07, 6.45) is -2.73. The van der Waals surface area contributed by atoms with Crippen molar-refractivity contribution in [1.82, 2.24) is 14.9 Å². The number of hydrogen-bond donors (Lipinski definition) is 1. The molecule has 1 aromatic heterocycles. The van der Waals surface area contributed by atoms with Crippen molar-refractivity contribution < 1.29 is 42.9 Å². The van der Waals surface area contributed by atoms with E-state index in [1.807, 2.05) is 0 Å². The Kier molecular flexibility index (Phi) is 8.26. The van der Waals surface area contributed by atoms with Gasteiger partial charge in [0.15, 0.2) is 24.1 Å². The molecule has 1 fully saturated rings. The summed E-state index contributed by atoms with van der Waals surface area (Å²) in [5.41, 5.74) is -2.48. The molecule has 2 amide bonds. The SMILES string of the molecule is CC(=O)OCC1OC(n2ccnc(C(=O)NC(=O)C(C)(C)C)c2=O)C(OC(C)=O)C1OC(C)=O. The van der Waals surface area contributed by atoms with E-state index >= 15 is 0 Å². The molecule has 0 saturated carbocycles. The molecular formula is C21H27N3O10. The Labute approximate surface area is 194 Å². The van der Waals surface area contributed by atoms with Gasteiger partial charge in [-0.15, -0.1) is 0 Å². The van der Waals surface area contributed by atoms with Gasteiger partial charge in [0, 0.05) is 38.6 Å². The van der Waals surface area contributed by atoms with Crippen LogP contribution in [0, 0.1) is 5.41 Å². The predicted octanol–water partition coefficient (Wildman–Crippen LogP) is -0.130. The second-order valence-corrected chi connectivity index (χ2v) is 8.54. The standard InChI is InChI=1S/C21H27N3O10/c1-10(25)31-9-13-15(32-11(2)26)16(33-12(3)27)19(34-13)24-8-7-22-14(18(24)29)17(28)23-20(30)21(4,5)6/h7-8,13,15-16,19H,9H2,1-6H3,(H,23,28,30). The maximum atomic E-state index is 13.1. The fraction of sp³-hybridized carbons (Fsp3) is 0.571. The molecule has 1 N–H and O–H groups in total. The van der Waals surface area contributed by atoms with Crippen LogP contribution in [0.5, 0.6) is 0 Å². The van der Waals surface area contributed by atoms with Gasteiger partial charge in [-0.1, -0.05) is 20.8 Å². The Balaban J connectivity index is 2.47. The molecule has 4 unspecified atom stereocenters. The largest absolute Gasteiger partial charge is 0.463 e. The molecule has 186 valence electrons. The first-order valence-corrected chi connectivity index (χ1v) is 10.3. The van der Waals surface area contributed by atoms with Crippen LogP contribution in [0.2, 0.25) is 0 Å². The number of nitrogens with zero attached hydrogens (tertiary/aromatic N) is 2. The second-order valence-electron chi connectivity index (χ2n) is 8.54. The lowest BCUT2D eigenvalue weighted by atomic mass is 9.96. The van der Waals surface area contributed by atoms with Gasteiger partial charge in [-0.25, -0.2) is 4.98 Å². The van der Waals surface area contributed by atoms with Crippen LogP contribution in [-0.4, -0.2) is 64.2 Å². The third kappa shape index (κ3) is 6.47. The van der Waals surface area contributed by atoms with E-state index in [1.54, 1.807) is 20.8 Å². The minimum atomic E-state index is -1.37. The van der Waals surface area contributed by atoms with Crippen LogP contribution in [-0.2, 0) is 38.1 Å². The van der Waals surface area contributed by atoms with Crippen molar-refractivity contribution in [2.45, 2.75) is 66.1 Å². The molecule has 1 saturated heterocycles. The fourth-order valence-electron chi connectivity index (χ4n) is 3.05. The van der Waals surface area contributed by atoms with Crippen molar-refractivity contribution in [2.75, 3.05) is 6.61 Å². The molecule has 1 aliphatic rings. The normalized spacial score (nSPS) is 21.9. The summed E-state index contributed by atoms with van der Waals surface area (Å²) in [4.78, 5) is 76.2. The van der Waals surface area contributed by atoms with Crippen LogP contribution in [0.3, 0.4) is 0 Å². The maximum Gasteiger partial charge on any atom is 0.303 e. The van der Waals surface area contributed by atoms with Crippen LogP contribution < -0.4 is 10.9 Å². The van der Waals surface area contributed by atoms with Crippen molar-refractivity contribution in [1.29, 1.82) is 0 Å². The highest BCUT2D eigenvalue weighted by molar-refractivity contribution is 6.04. The number of nitrogens with one attached hydrogen (secondary N) is 1. The number of carbonyl (C=O) groups excluding carboxylic acids is 5. The van der Waals surface area contributed by atoms with Crippen LogP contribution >= 0.6 is 0 Å². The second kappa shape index (κ2) is 10.5. The summed E-state index contributed by atoms with van der Waals surface area (Å²) < 4.78 is 22.2. The molecule has 0 aliphatic carbocycles. The number of esters is 3. The molecule has 34 heavy (non-hydrogen) atoms. The fourth-order valence-corrected chi connectivity index (χ4v) is 3.05. The third-order valence-corrected chi connectivity index (χ3v) is 4.61. The molecule has 2 heterocycles. The number of ether oxygens (including phenoxy) is 4. The van der Waals surface area contributed by atoms with Crippen molar-refractivity contribution >= 4 is 29.7 Å². The van der Waals surface area contributed by atoms with Gasteiger partial charge in [-0.05, 0) is 0 Å². The van der Waals surface area contributed by atoms with E-state index in [2.05, 4.69) is 10.3 Å². The highest BCUT2D eigenvalue weighted by atomic mass is 16.7. The van der Waals surface area contributed by atoms with Crippen LogP contribution in [0.25, 0.3) is 0 Å². The summed E-state index contributed by atoms with van der Waals surface area (Å²) in [7, 11) is 0. The molecule has 1 aliphatic heterocycles. The zero-order valence-electron chi connectivity index (χ0n) is 19.6. The average molecular weight is 481 g/mol. The lowest BCUT2D eigenvalue weighted by Crippen LogP contribution is -2.44. The number of amides is 2. The summed E-state index contributed by atoms with van der Waals surface area (Å²) >= 11 is 0. The molecule has 13 nitrogen and oxygen atoms in total.